The molecule has 0 bridgehead atoms. The van der Waals surface area contributed by atoms with E-state index < -0.39 is 31.7 Å². The van der Waals surface area contributed by atoms with Crippen LogP contribution in [0.5, 0.6) is 0 Å². The van der Waals surface area contributed by atoms with Crippen LogP contribution in [0.2, 0.25) is 0 Å². The maximum atomic E-state index is 5.45. The predicted octanol–water partition coefficient (Wildman–Crippen LogP) is 8.89. The molecule has 0 radical (unpaired) electrons. The fourth-order valence-electron chi connectivity index (χ4n) is 6.07. The zero-order valence-electron chi connectivity index (χ0n) is 33.8. The summed E-state index contributed by atoms with van der Waals surface area (Å²) in [5.41, 5.74) is 10.5. The van der Waals surface area contributed by atoms with Gasteiger partial charge in [-0.05, 0) is 146 Å². The Kier molecular flexibility index (Phi) is 16.1. The van der Waals surface area contributed by atoms with E-state index in [0.29, 0.717) is 0 Å². The molecule has 0 aliphatic rings. The first-order valence-electron chi connectivity index (χ1n) is 19.4. The molecule has 0 spiro atoms. The topological polar surface area (TPSA) is 158 Å². The zero-order valence-corrected chi connectivity index (χ0v) is 38.9. The number of hydrogen-bond donors (Lipinski definition) is 0. The minimum atomic E-state index is -0.835. The molecule has 0 fully saturated rings. The molecular weight excluding hydrogens is 999 g/mol. The first kappa shape index (κ1) is 45.3. The SMILES string of the molecule is [Pd+2].c1coc(P(c2ccco2)c2ccco2)c1.c1coc(P(c2ccco2)c2ccco2)c1.c1coc(P(c2ccco2)c2ccco2)c1.c1coc(P(c2ccco2)c2ccco2)c1. The zero-order chi connectivity index (χ0) is 43.2. The van der Waals surface area contributed by atoms with Crippen molar-refractivity contribution in [1.29, 1.82) is 0 Å². The maximum absolute atomic E-state index is 5.45. The molecule has 17 heteroatoms. The van der Waals surface area contributed by atoms with Gasteiger partial charge in [-0.2, -0.15) is 0 Å². The molecule has 0 N–H and O–H groups in total. The van der Waals surface area contributed by atoms with Gasteiger partial charge in [-0.1, -0.05) is 0 Å². The Morgan fingerprint density at radius 1 is 0.169 bits per heavy atom. The molecule has 0 aliphatic carbocycles. The molecule has 12 nitrogen and oxygen atoms in total. The minimum Gasteiger partial charge on any atom is -0.464 e. The van der Waals surface area contributed by atoms with Crippen LogP contribution >= 0.6 is 31.7 Å². The van der Waals surface area contributed by atoms with Crippen molar-refractivity contribution in [3.05, 3.63) is 221 Å². The van der Waals surface area contributed by atoms with Crippen molar-refractivity contribution >= 4 is 97.7 Å². The van der Waals surface area contributed by atoms with Gasteiger partial charge in [0.15, 0.2) is 0 Å². The Bertz CT molecular complexity index is 2180. The van der Waals surface area contributed by atoms with Crippen LogP contribution in [0.25, 0.3) is 0 Å². The second-order valence-corrected chi connectivity index (χ2v) is 20.7. The van der Waals surface area contributed by atoms with E-state index in [1.807, 2.05) is 146 Å². The van der Waals surface area contributed by atoms with Crippen molar-refractivity contribution in [2.45, 2.75) is 0 Å². The van der Waals surface area contributed by atoms with Gasteiger partial charge in [0.05, 0.1) is 75.2 Å². The molecule has 0 atom stereocenters. The average molecular weight is 1040 g/mol. The number of rotatable bonds is 12. The summed E-state index contributed by atoms with van der Waals surface area (Å²) in [5.74, 6) is 0. The summed E-state index contributed by atoms with van der Waals surface area (Å²) in [6.45, 7) is 0. The normalized spacial score (nSPS) is 10.9. The van der Waals surface area contributed by atoms with Crippen molar-refractivity contribution in [3.63, 3.8) is 0 Å². The number of hydrogen-bond acceptors (Lipinski definition) is 12. The Morgan fingerprint density at radius 3 is 0.323 bits per heavy atom. The summed E-state index contributed by atoms with van der Waals surface area (Å²) in [6.07, 6.45) is 20.0. The smallest absolute Gasteiger partial charge is 0.464 e. The van der Waals surface area contributed by atoms with E-state index in [1.165, 1.54) is 0 Å². The predicted molar refractivity (Wildman–Crippen MR) is 248 cm³/mol. The van der Waals surface area contributed by atoms with Gasteiger partial charge in [-0.15, -0.1) is 0 Å². The third-order valence-electron chi connectivity index (χ3n) is 8.72. The van der Waals surface area contributed by atoms with Gasteiger partial charge >= 0.3 is 20.4 Å². The molecule has 0 aromatic carbocycles. The van der Waals surface area contributed by atoms with Gasteiger partial charge in [-0.25, -0.2) is 0 Å². The summed E-state index contributed by atoms with van der Waals surface area (Å²) < 4.78 is 65.4. The van der Waals surface area contributed by atoms with Gasteiger partial charge in [0.2, 0.25) is 0 Å². The molecule has 0 unspecified atom stereocenters. The van der Waals surface area contributed by atoms with E-state index >= 15 is 0 Å². The van der Waals surface area contributed by atoms with E-state index in [1.54, 1.807) is 75.2 Å². The van der Waals surface area contributed by atoms with E-state index in [9.17, 15) is 0 Å². The summed E-state index contributed by atoms with van der Waals surface area (Å²) in [6, 6.07) is 45.8. The van der Waals surface area contributed by atoms with E-state index in [2.05, 4.69) is 0 Å². The monoisotopic (exact) mass is 1030 g/mol. The summed E-state index contributed by atoms with van der Waals surface area (Å²) in [5, 5.41) is 0. The first-order chi connectivity index (χ1) is 31.8. The third-order valence-corrected chi connectivity index (χ3v) is 17.1. The Balaban J connectivity index is 0.000000118. The van der Waals surface area contributed by atoms with E-state index in [-0.39, 0.29) is 20.4 Å². The van der Waals surface area contributed by atoms with Gasteiger partial charge in [0.25, 0.3) is 0 Å². The van der Waals surface area contributed by atoms with Crippen LogP contribution in [0.3, 0.4) is 0 Å². The molecule has 12 aromatic heterocycles. The van der Waals surface area contributed by atoms with E-state index in [4.69, 9.17) is 53.0 Å². The van der Waals surface area contributed by atoms with Gasteiger partial charge in [0, 0.05) is 0 Å². The molecule has 0 saturated heterocycles. The second kappa shape index (κ2) is 23.1. The maximum Gasteiger partial charge on any atom is 2.00 e. The van der Waals surface area contributed by atoms with Crippen molar-refractivity contribution < 1.29 is 73.4 Å². The Labute approximate surface area is 389 Å². The van der Waals surface area contributed by atoms with Gasteiger partial charge in [-0.3, -0.25) is 0 Å². The first-order valence-corrected chi connectivity index (χ1v) is 24.8. The fourth-order valence-corrected chi connectivity index (χ4v) is 13.5. The van der Waals surface area contributed by atoms with Crippen molar-refractivity contribution in [2.75, 3.05) is 0 Å². The van der Waals surface area contributed by atoms with Crippen molar-refractivity contribution in [1.82, 2.24) is 0 Å². The average Bonchev–Trinajstić information content (AvgIpc) is 4.17. The van der Waals surface area contributed by atoms with Crippen LogP contribution in [-0.2, 0) is 20.4 Å². The molecule has 12 rings (SSSR count). The van der Waals surface area contributed by atoms with Gasteiger partial charge < -0.3 is 53.0 Å². The van der Waals surface area contributed by atoms with E-state index in [0.717, 1.165) is 66.0 Å². The molecule has 0 amide bonds. The summed E-state index contributed by atoms with van der Waals surface area (Å²) in [7, 11) is -3.34. The van der Waals surface area contributed by atoms with Crippen LogP contribution in [0.4, 0.5) is 0 Å². The molecule has 65 heavy (non-hydrogen) atoms. The Hall–Kier alpha value is -6.26. The molecular formula is C48H36O12P4Pd+2. The van der Waals surface area contributed by atoms with Crippen LogP contribution in [0.1, 0.15) is 0 Å². The van der Waals surface area contributed by atoms with Crippen LogP contribution in [0, 0.1) is 0 Å². The molecule has 0 aliphatic heterocycles. The minimum absolute atomic E-state index is 0. The standard InChI is InChI=1S/4C12H9O3P.Pd/c4*1-4-10(13-7-1)16(11-5-2-8-14-11)12-6-3-9-15-12;/h4*1-9H;/q;;;;+2. The molecule has 328 valence electrons. The van der Waals surface area contributed by atoms with Crippen LogP contribution < -0.4 is 66.0 Å². The fraction of sp³-hybridized carbons (Fsp3) is 0. The third kappa shape index (κ3) is 11.3. The van der Waals surface area contributed by atoms with Gasteiger partial charge in [0.1, 0.15) is 97.7 Å². The number of furan rings is 12. The van der Waals surface area contributed by atoms with Crippen LogP contribution in [0.15, 0.2) is 274 Å². The van der Waals surface area contributed by atoms with Crippen LogP contribution in [-0.4, -0.2) is 0 Å². The molecule has 12 aromatic rings. The van der Waals surface area contributed by atoms with Crippen molar-refractivity contribution in [2.24, 2.45) is 0 Å². The summed E-state index contributed by atoms with van der Waals surface area (Å²) >= 11 is 0. The second-order valence-electron chi connectivity index (χ2n) is 12.8. The quantitative estimate of drug-likeness (QED) is 0.0847. The molecule has 12 heterocycles. The largest absolute Gasteiger partial charge is 2.00 e. The molecule has 0 saturated carbocycles. The van der Waals surface area contributed by atoms with Crippen molar-refractivity contribution in [3.8, 4) is 0 Å². The summed E-state index contributed by atoms with van der Waals surface area (Å²) in [4.78, 5) is 0. The Morgan fingerprint density at radius 2 is 0.262 bits per heavy atom.